The summed E-state index contributed by atoms with van der Waals surface area (Å²) in [6.45, 7) is 5.35. The third-order valence-corrected chi connectivity index (χ3v) is 5.73. The van der Waals surface area contributed by atoms with Gasteiger partial charge >= 0.3 is 0 Å². The summed E-state index contributed by atoms with van der Waals surface area (Å²) in [4.78, 5) is 12.3. The van der Waals surface area contributed by atoms with E-state index in [9.17, 15) is 4.79 Å². The van der Waals surface area contributed by atoms with E-state index in [1.165, 1.54) is 31.0 Å². The van der Waals surface area contributed by atoms with Gasteiger partial charge in [0.25, 0.3) is 0 Å². The van der Waals surface area contributed by atoms with Gasteiger partial charge in [-0.2, -0.15) is 0 Å². The zero-order valence-corrected chi connectivity index (χ0v) is 16.9. The molecule has 1 amide bonds. The van der Waals surface area contributed by atoms with E-state index < -0.39 is 0 Å². The number of thioether (sulfide) groups is 1. The molecule has 1 aliphatic carbocycles. The molecule has 27 heavy (non-hydrogen) atoms. The van der Waals surface area contributed by atoms with Crippen molar-refractivity contribution >= 4 is 17.7 Å². The summed E-state index contributed by atoms with van der Waals surface area (Å²) >= 11 is 1.44. The average molecular weight is 389 g/mol. The standard InChI is InChI=1S/C20H28N4O2S/c1-3-24-19(16-12-8-9-13-17(16)26-4-2)22-23-20(24)27-14-18(25)21-15-10-6-5-7-11-15/h8-9,12-13,15H,3-7,10-11,14H2,1-2H3,(H,21,25). The number of nitrogens with zero attached hydrogens (tertiary/aromatic N) is 3. The molecule has 0 aliphatic heterocycles. The number of benzene rings is 1. The van der Waals surface area contributed by atoms with Crippen LogP contribution in [0.2, 0.25) is 0 Å². The van der Waals surface area contributed by atoms with Gasteiger partial charge in [0.1, 0.15) is 5.75 Å². The molecule has 0 radical (unpaired) electrons. The summed E-state index contributed by atoms with van der Waals surface area (Å²) in [7, 11) is 0. The van der Waals surface area contributed by atoms with Gasteiger partial charge in [-0.25, -0.2) is 0 Å². The Morgan fingerprint density at radius 1 is 1.22 bits per heavy atom. The van der Waals surface area contributed by atoms with Crippen molar-refractivity contribution in [2.45, 2.75) is 63.7 Å². The summed E-state index contributed by atoms with van der Waals surface area (Å²) in [5.41, 5.74) is 0.923. The smallest absolute Gasteiger partial charge is 0.230 e. The van der Waals surface area contributed by atoms with Crippen LogP contribution >= 0.6 is 11.8 Å². The molecule has 1 N–H and O–H groups in total. The Hall–Kier alpha value is -2.02. The number of nitrogens with one attached hydrogen (secondary N) is 1. The maximum atomic E-state index is 12.3. The largest absolute Gasteiger partial charge is 0.493 e. The van der Waals surface area contributed by atoms with Crippen LogP contribution in [-0.2, 0) is 11.3 Å². The number of carbonyl (C=O) groups is 1. The Morgan fingerprint density at radius 3 is 2.74 bits per heavy atom. The molecule has 1 heterocycles. The minimum atomic E-state index is 0.0776. The molecule has 1 fully saturated rings. The van der Waals surface area contributed by atoms with Crippen LogP contribution in [0.1, 0.15) is 46.0 Å². The number of aromatic nitrogens is 3. The molecular formula is C20H28N4O2S. The summed E-state index contributed by atoms with van der Waals surface area (Å²) in [6, 6.07) is 8.19. The molecule has 0 unspecified atom stereocenters. The van der Waals surface area contributed by atoms with Crippen molar-refractivity contribution in [1.29, 1.82) is 0 Å². The van der Waals surface area contributed by atoms with Gasteiger partial charge in [-0.15, -0.1) is 10.2 Å². The Morgan fingerprint density at radius 2 is 2.00 bits per heavy atom. The summed E-state index contributed by atoms with van der Waals surface area (Å²) in [5.74, 6) is 2.01. The number of carbonyl (C=O) groups excluding carboxylic acids is 1. The minimum Gasteiger partial charge on any atom is -0.493 e. The van der Waals surface area contributed by atoms with Gasteiger partial charge in [0, 0.05) is 12.6 Å². The fourth-order valence-electron chi connectivity index (χ4n) is 3.46. The quantitative estimate of drug-likeness (QED) is 0.695. The molecule has 0 saturated heterocycles. The average Bonchev–Trinajstić information content (AvgIpc) is 3.10. The predicted molar refractivity (Wildman–Crippen MR) is 108 cm³/mol. The van der Waals surface area contributed by atoms with Crippen LogP contribution in [0.15, 0.2) is 29.4 Å². The summed E-state index contributed by atoms with van der Waals surface area (Å²) in [6.07, 6.45) is 5.91. The highest BCUT2D eigenvalue weighted by atomic mass is 32.2. The van der Waals surface area contributed by atoms with Crippen molar-refractivity contribution in [3.63, 3.8) is 0 Å². The van der Waals surface area contributed by atoms with E-state index in [0.29, 0.717) is 18.4 Å². The van der Waals surface area contributed by atoms with Crippen molar-refractivity contribution in [3.05, 3.63) is 24.3 Å². The maximum Gasteiger partial charge on any atom is 0.230 e. The molecule has 1 aromatic carbocycles. The third kappa shape index (κ3) is 5.03. The molecule has 7 heteroatoms. The van der Waals surface area contributed by atoms with E-state index in [2.05, 4.69) is 22.4 Å². The van der Waals surface area contributed by atoms with Crippen LogP contribution in [0.25, 0.3) is 11.4 Å². The van der Waals surface area contributed by atoms with Crippen LogP contribution in [0.4, 0.5) is 0 Å². The number of ether oxygens (including phenoxy) is 1. The van der Waals surface area contributed by atoms with Gasteiger partial charge in [0.2, 0.25) is 5.91 Å². The van der Waals surface area contributed by atoms with E-state index in [1.807, 2.05) is 35.8 Å². The summed E-state index contributed by atoms with van der Waals surface area (Å²) in [5, 5.41) is 12.6. The molecular weight excluding hydrogens is 360 g/mol. The molecule has 0 bridgehead atoms. The maximum absolute atomic E-state index is 12.3. The molecule has 6 nitrogen and oxygen atoms in total. The molecule has 0 spiro atoms. The Kier molecular flexibility index (Phi) is 7.15. The van der Waals surface area contributed by atoms with Gasteiger partial charge in [0.15, 0.2) is 11.0 Å². The second-order valence-electron chi connectivity index (χ2n) is 6.67. The minimum absolute atomic E-state index is 0.0776. The van der Waals surface area contributed by atoms with E-state index >= 15 is 0 Å². The molecule has 1 aromatic heterocycles. The number of hydrogen-bond donors (Lipinski definition) is 1. The number of hydrogen-bond acceptors (Lipinski definition) is 5. The van der Waals surface area contributed by atoms with E-state index in [4.69, 9.17) is 4.74 Å². The van der Waals surface area contributed by atoms with Crippen molar-refractivity contribution in [2.24, 2.45) is 0 Å². The van der Waals surface area contributed by atoms with Gasteiger partial charge < -0.3 is 14.6 Å². The summed E-state index contributed by atoms with van der Waals surface area (Å²) < 4.78 is 7.77. The Labute approximate surface area is 165 Å². The van der Waals surface area contributed by atoms with Gasteiger partial charge in [0.05, 0.1) is 17.9 Å². The zero-order valence-electron chi connectivity index (χ0n) is 16.1. The molecule has 2 aromatic rings. The first-order valence-electron chi connectivity index (χ1n) is 9.80. The van der Waals surface area contributed by atoms with Crippen LogP contribution in [0.5, 0.6) is 5.75 Å². The van der Waals surface area contributed by atoms with Crippen LogP contribution < -0.4 is 10.1 Å². The monoisotopic (exact) mass is 388 g/mol. The Balaban J connectivity index is 1.68. The van der Waals surface area contributed by atoms with E-state index in [-0.39, 0.29) is 5.91 Å². The molecule has 146 valence electrons. The Bertz CT molecular complexity index is 756. The predicted octanol–water partition coefficient (Wildman–Crippen LogP) is 3.90. The fourth-order valence-corrected chi connectivity index (χ4v) is 4.27. The third-order valence-electron chi connectivity index (χ3n) is 4.76. The normalized spacial score (nSPS) is 14.9. The first kappa shape index (κ1) is 19.7. The van der Waals surface area contributed by atoms with Crippen molar-refractivity contribution < 1.29 is 9.53 Å². The number of rotatable bonds is 8. The highest BCUT2D eigenvalue weighted by molar-refractivity contribution is 7.99. The second-order valence-corrected chi connectivity index (χ2v) is 7.61. The first-order valence-corrected chi connectivity index (χ1v) is 10.8. The number of amides is 1. The van der Waals surface area contributed by atoms with Crippen molar-refractivity contribution in [1.82, 2.24) is 20.1 Å². The fraction of sp³-hybridized carbons (Fsp3) is 0.550. The highest BCUT2D eigenvalue weighted by Gasteiger charge is 2.19. The van der Waals surface area contributed by atoms with Crippen LogP contribution in [-0.4, -0.2) is 39.1 Å². The lowest BCUT2D eigenvalue weighted by Crippen LogP contribution is -2.37. The van der Waals surface area contributed by atoms with Gasteiger partial charge in [-0.05, 0) is 38.8 Å². The van der Waals surface area contributed by atoms with Gasteiger partial charge in [-0.3, -0.25) is 4.79 Å². The van der Waals surface area contributed by atoms with Crippen molar-refractivity contribution in [2.75, 3.05) is 12.4 Å². The molecule has 1 aliphatic rings. The van der Waals surface area contributed by atoms with Gasteiger partial charge in [-0.1, -0.05) is 43.2 Å². The van der Waals surface area contributed by atoms with Crippen LogP contribution in [0.3, 0.4) is 0 Å². The lowest BCUT2D eigenvalue weighted by Gasteiger charge is -2.22. The molecule has 1 saturated carbocycles. The molecule has 0 atom stereocenters. The van der Waals surface area contributed by atoms with E-state index in [1.54, 1.807) is 0 Å². The zero-order chi connectivity index (χ0) is 19.1. The second kappa shape index (κ2) is 9.78. The lowest BCUT2D eigenvalue weighted by atomic mass is 9.95. The van der Waals surface area contributed by atoms with E-state index in [0.717, 1.165) is 41.7 Å². The lowest BCUT2D eigenvalue weighted by molar-refractivity contribution is -0.119. The SMILES string of the molecule is CCOc1ccccc1-c1nnc(SCC(=O)NC2CCCCC2)n1CC. The highest BCUT2D eigenvalue weighted by Crippen LogP contribution is 2.31. The number of para-hydroxylation sites is 1. The first-order chi connectivity index (χ1) is 13.2. The topological polar surface area (TPSA) is 69.0 Å². The van der Waals surface area contributed by atoms with Crippen molar-refractivity contribution in [3.8, 4) is 17.1 Å². The van der Waals surface area contributed by atoms with Crippen LogP contribution in [0, 0.1) is 0 Å². The molecule has 3 rings (SSSR count).